The number of carbonyl (C=O) groups excluding carboxylic acids is 1. The van der Waals surface area contributed by atoms with Gasteiger partial charge in [0.25, 0.3) is 17.4 Å². The summed E-state index contributed by atoms with van der Waals surface area (Å²) in [5.41, 5.74) is -0.118. The molecule has 1 aliphatic heterocycles. The number of nitrogens with zero attached hydrogens (tertiary/aromatic N) is 4. The fraction of sp³-hybridized carbons (Fsp3) is 0.529. The molecule has 8 heteroatoms. The van der Waals surface area contributed by atoms with Crippen LogP contribution in [0.1, 0.15) is 36.0 Å². The summed E-state index contributed by atoms with van der Waals surface area (Å²) in [4.78, 5) is 30.7. The Balaban J connectivity index is 1.58. The van der Waals surface area contributed by atoms with Crippen molar-refractivity contribution >= 4 is 11.9 Å². The Kier molecular flexibility index (Phi) is 5.16. The van der Waals surface area contributed by atoms with Crippen LogP contribution in [0.3, 0.4) is 0 Å². The fourth-order valence-electron chi connectivity index (χ4n) is 3.03. The lowest BCUT2D eigenvalue weighted by Crippen LogP contribution is -2.42. The maximum atomic E-state index is 12.3. The van der Waals surface area contributed by atoms with Gasteiger partial charge in [0.05, 0.1) is 0 Å². The lowest BCUT2D eigenvalue weighted by molar-refractivity contribution is 0.0943. The van der Waals surface area contributed by atoms with E-state index in [1.54, 1.807) is 25.4 Å². The first kappa shape index (κ1) is 17.2. The highest BCUT2D eigenvalue weighted by Crippen LogP contribution is 2.20. The molecule has 3 heterocycles. The third-order valence-electron chi connectivity index (χ3n) is 4.48. The summed E-state index contributed by atoms with van der Waals surface area (Å²) < 4.78 is 6.57. The molecule has 3 rings (SSSR count). The van der Waals surface area contributed by atoms with Crippen LogP contribution in [-0.2, 0) is 13.5 Å². The zero-order valence-electron chi connectivity index (χ0n) is 14.6. The minimum Gasteiger partial charge on any atom is -0.352 e. The highest BCUT2D eigenvalue weighted by atomic mass is 16.5. The first-order valence-electron chi connectivity index (χ1n) is 8.60. The third-order valence-corrected chi connectivity index (χ3v) is 4.48. The van der Waals surface area contributed by atoms with Gasteiger partial charge in [0.15, 0.2) is 0 Å². The molecule has 25 heavy (non-hydrogen) atoms. The van der Waals surface area contributed by atoms with E-state index < -0.39 is 0 Å². The van der Waals surface area contributed by atoms with Crippen molar-refractivity contribution in [1.29, 1.82) is 0 Å². The number of carbonyl (C=O) groups is 1. The first-order chi connectivity index (χ1) is 12.1. The van der Waals surface area contributed by atoms with Crippen LogP contribution in [0.5, 0.6) is 0 Å². The van der Waals surface area contributed by atoms with E-state index in [4.69, 9.17) is 4.52 Å². The number of aryl methyl sites for hydroxylation is 2. The summed E-state index contributed by atoms with van der Waals surface area (Å²) in [6.45, 7) is 4.13. The van der Waals surface area contributed by atoms with Crippen LogP contribution in [0, 0.1) is 5.92 Å². The van der Waals surface area contributed by atoms with Gasteiger partial charge in [0, 0.05) is 39.3 Å². The molecular formula is C17H23N5O3. The molecule has 0 spiro atoms. The number of hydrogen-bond acceptors (Lipinski definition) is 6. The Hall–Kier alpha value is -2.64. The number of rotatable bonds is 5. The molecule has 1 unspecified atom stereocenters. The van der Waals surface area contributed by atoms with Crippen molar-refractivity contribution < 1.29 is 9.32 Å². The van der Waals surface area contributed by atoms with Crippen LogP contribution in [0.2, 0.25) is 0 Å². The van der Waals surface area contributed by atoms with E-state index in [1.165, 1.54) is 4.57 Å². The van der Waals surface area contributed by atoms with Gasteiger partial charge in [-0.3, -0.25) is 9.59 Å². The van der Waals surface area contributed by atoms with E-state index in [1.807, 2.05) is 6.92 Å². The molecular weight excluding hydrogens is 322 g/mol. The van der Waals surface area contributed by atoms with Crippen LogP contribution >= 0.6 is 0 Å². The highest BCUT2D eigenvalue weighted by Gasteiger charge is 2.24. The Morgan fingerprint density at radius 1 is 1.48 bits per heavy atom. The summed E-state index contributed by atoms with van der Waals surface area (Å²) in [5.74, 6) is 1.20. The molecule has 0 radical (unpaired) electrons. The zero-order chi connectivity index (χ0) is 17.8. The van der Waals surface area contributed by atoms with Gasteiger partial charge in [-0.25, -0.2) is 0 Å². The molecule has 2 aromatic rings. The predicted octanol–water partition coefficient (Wildman–Crippen LogP) is 0.977. The van der Waals surface area contributed by atoms with Gasteiger partial charge in [0.2, 0.25) is 5.89 Å². The second-order valence-electron chi connectivity index (χ2n) is 6.34. The largest absolute Gasteiger partial charge is 0.352 e. The van der Waals surface area contributed by atoms with Crippen molar-refractivity contribution in [3.63, 3.8) is 0 Å². The molecule has 1 N–H and O–H groups in total. The minimum atomic E-state index is -0.328. The summed E-state index contributed by atoms with van der Waals surface area (Å²) >= 11 is 0. The summed E-state index contributed by atoms with van der Waals surface area (Å²) in [6.07, 6.45) is 4.37. The molecule has 134 valence electrons. The number of piperidine rings is 1. The molecule has 1 amide bonds. The van der Waals surface area contributed by atoms with Crippen molar-refractivity contribution in [3.8, 4) is 0 Å². The molecule has 1 aliphatic rings. The third kappa shape index (κ3) is 3.89. The standard InChI is InChI=1S/C17H23N5O3/c1-3-14-19-17(20-25-14)22-9-4-6-12(11-22)10-18-15(23)13-7-5-8-21(2)16(13)24/h5,7-8,12H,3-4,6,9-11H2,1-2H3,(H,18,23). The molecule has 1 fully saturated rings. The molecule has 1 saturated heterocycles. The van der Waals surface area contributed by atoms with Crippen molar-refractivity contribution in [1.82, 2.24) is 20.0 Å². The Morgan fingerprint density at radius 2 is 2.32 bits per heavy atom. The van der Waals surface area contributed by atoms with Crippen LogP contribution < -0.4 is 15.8 Å². The van der Waals surface area contributed by atoms with Gasteiger partial charge in [-0.05, 0) is 36.0 Å². The highest BCUT2D eigenvalue weighted by molar-refractivity contribution is 5.93. The molecule has 0 saturated carbocycles. The van der Waals surface area contributed by atoms with Crippen LogP contribution in [-0.4, -0.2) is 40.2 Å². The van der Waals surface area contributed by atoms with Gasteiger partial charge in [0.1, 0.15) is 5.56 Å². The smallest absolute Gasteiger partial charge is 0.266 e. The number of aromatic nitrogens is 3. The SMILES string of the molecule is CCc1nc(N2CCCC(CNC(=O)c3cccn(C)c3=O)C2)no1. The summed E-state index contributed by atoms with van der Waals surface area (Å²) in [6, 6.07) is 3.25. The van der Waals surface area contributed by atoms with E-state index >= 15 is 0 Å². The second-order valence-corrected chi connectivity index (χ2v) is 6.34. The topological polar surface area (TPSA) is 93.3 Å². The van der Waals surface area contributed by atoms with E-state index in [0.29, 0.717) is 24.8 Å². The van der Waals surface area contributed by atoms with Crippen LogP contribution in [0.15, 0.2) is 27.6 Å². The molecule has 1 atom stereocenters. The molecule has 8 nitrogen and oxygen atoms in total. The van der Waals surface area contributed by atoms with Gasteiger partial charge >= 0.3 is 0 Å². The quantitative estimate of drug-likeness (QED) is 0.868. The van der Waals surface area contributed by atoms with Crippen molar-refractivity contribution in [3.05, 3.63) is 40.1 Å². The van der Waals surface area contributed by atoms with Crippen LogP contribution in [0.4, 0.5) is 5.95 Å². The number of pyridine rings is 1. The Bertz CT molecular complexity index is 798. The number of nitrogens with one attached hydrogen (secondary N) is 1. The van der Waals surface area contributed by atoms with Gasteiger partial charge in [-0.1, -0.05) is 6.92 Å². The lowest BCUT2D eigenvalue weighted by atomic mass is 9.98. The van der Waals surface area contributed by atoms with E-state index in [0.717, 1.165) is 25.9 Å². The first-order valence-corrected chi connectivity index (χ1v) is 8.60. The predicted molar refractivity (Wildman–Crippen MR) is 92.6 cm³/mol. The van der Waals surface area contributed by atoms with Gasteiger partial charge < -0.3 is 19.3 Å². The monoisotopic (exact) mass is 345 g/mol. The molecule has 2 aromatic heterocycles. The zero-order valence-corrected chi connectivity index (χ0v) is 14.6. The Morgan fingerprint density at radius 3 is 3.08 bits per heavy atom. The van der Waals surface area contributed by atoms with E-state index in [2.05, 4.69) is 20.4 Å². The number of amides is 1. The van der Waals surface area contributed by atoms with E-state index in [9.17, 15) is 9.59 Å². The normalized spacial score (nSPS) is 17.5. The number of anilines is 1. The molecule has 0 aliphatic carbocycles. The van der Waals surface area contributed by atoms with Crippen molar-refractivity contribution in [2.24, 2.45) is 13.0 Å². The Labute approximate surface area is 145 Å². The lowest BCUT2D eigenvalue weighted by Gasteiger charge is -2.31. The van der Waals surface area contributed by atoms with Crippen LogP contribution in [0.25, 0.3) is 0 Å². The average molecular weight is 345 g/mol. The molecule has 0 bridgehead atoms. The minimum absolute atomic E-state index is 0.170. The maximum Gasteiger partial charge on any atom is 0.266 e. The summed E-state index contributed by atoms with van der Waals surface area (Å²) in [5, 5.41) is 6.90. The van der Waals surface area contributed by atoms with Crippen molar-refractivity contribution in [2.75, 3.05) is 24.5 Å². The average Bonchev–Trinajstić information content (AvgIpc) is 3.11. The van der Waals surface area contributed by atoms with Gasteiger partial charge in [-0.15, -0.1) is 0 Å². The number of hydrogen-bond donors (Lipinski definition) is 1. The maximum absolute atomic E-state index is 12.3. The summed E-state index contributed by atoms with van der Waals surface area (Å²) in [7, 11) is 1.63. The second kappa shape index (κ2) is 7.50. The fourth-order valence-corrected chi connectivity index (χ4v) is 3.03. The molecule has 0 aromatic carbocycles. The van der Waals surface area contributed by atoms with Crippen molar-refractivity contribution in [2.45, 2.75) is 26.2 Å². The van der Waals surface area contributed by atoms with E-state index in [-0.39, 0.29) is 22.9 Å². The van der Waals surface area contributed by atoms with Gasteiger partial charge in [-0.2, -0.15) is 4.98 Å².